The van der Waals surface area contributed by atoms with E-state index in [1.165, 1.54) is 0 Å². The van der Waals surface area contributed by atoms with E-state index in [-0.39, 0.29) is 11.8 Å². The molecule has 4 heteroatoms. The first kappa shape index (κ1) is 13.1. The Balaban J connectivity index is 2.10. The fourth-order valence-electron chi connectivity index (χ4n) is 2.42. The van der Waals surface area contributed by atoms with Gasteiger partial charge in [0.05, 0.1) is 5.92 Å². The minimum absolute atomic E-state index is 0.150. The van der Waals surface area contributed by atoms with E-state index >= 15 is 0 Å². The maximum absolute atomic E-state index is 12.5. The summed E-state index contributed by atoms with van der Waals surface area (Å²) >= 11 is 0. The summed E-state index contributed by atoms with van der Waals surface area (Å²) in [5.74, 6) is -0.0615. The molecule has 98 valence electrons. The molecule has 1 aromatic carbocycles. The van der Waals surface area contributed by atoms with E-state index in [0.717, 1.165) is 25.2 Å². The van der Waals surface area contributed by atoms with Crippen LogP contribution in [0.15, 0.2) is 30.3 Å². The lowest BCUT2D eigenvalue weighted by molar-refractivity contribution is -0.133. The zero-order valence-electron chi connectivity index (χ0n) is 10.8. The van der Waals surface area contributed by atoms with Crippen molar-refractivity contribution in [1.29, 1.82) is 0 Å². The predicted molar refractivity (Wildman–Crippen MR) is 72.3 cm³/mol. The van der Waals surface area contributed by atoms with Gasteiger partial charge in [-0.1, -0.05) is 30.3 Å². The van der Waals surface area contributed by atoms with Crippen molar-refractivity contribution in [1.82, 2.24) is 10.2 Å². The number of carbonyl (C=O) groups excluding carboxylic acids is 1. The van der Waals surface area contributed by atoms with E-state index in [0.29, 0.717) is 12.6 Å². The second kappa shape index (κ2) is 5.98. The van der Waals surface area contributed by atoms with Crippen molar-refractivity contribution in [3.8, 4) is 0 Å². The van der Waals surface area contributed by atoms with Crippen LogP contribution >= 0.6 is 0 Å². The first-order valence-electron chi connectivity index (χ1n) is 6.49. The van der Waals surface area contributed by atoms with Crippen LogP contribution in [0.3, 0.4) is 0 Å². The minimum atomic E-state index is -0.212. The van der Waals surface area contributed by atoms with Crippen LogP contribution in [-0.4, -0.2) is 43.0 Å². The van der Waals surface area contributed by atoms with Gasteiger partial charge in [0, 0.05) is 32.2 Å². The van der Waals surface area contributed by atoms with E-state index in [1.807, 2.05) is 35.2 Å². The summed E-state index contributed by atoms with van der Waals surface area (Å²) in [4.78, 5) is 14.4. The fraction of sp³-hybridized carbons (Fsp3) is 0.500. The number of benzene rings is 1. The normalized spacial score (nSPS) is 21.7. The lowest BCUT2D eigenvalue weighted by Gasteiger charge is -2.34. The van der Waals surface area contributed by atoms with Crippen LogP contribution < -0.4 is 11.1 Å². The Morgan fingerprint density at radius 2 is 2.22 bits per heavy atom. The average molecular weight is 247 g/mol. The van der Waals surface area contributed by atoms with Crippen molar-refractivity contribution in [3.63, 3.8) is 0 Å². The van der Waals surface area contributed by atoms with Crippen LogP contribution in [0, 0.1) is 0 Å². The maximum atomic E-state index is 12.5. The fourth-order valence-corrected chi connectivity index (χ4v) is 2.42. The molecular formula is C14H21N3O. The number of nitrogens with two attached hydrogens (primary N) is 1. The molecular weight excluding hydrogens is 226 g/mol. The number of nitrogens with one attached hydrogen (secondary N) is 1. The Hall–Kier alpha value is -1.39. The molecule has 1 saturated heterocycles. The number of hydrogen-bond acceptors (Lipinski definition) is 3. The predicted octanol–water partition coefficient (Wildman–Crippen LogP) is 0.549. The summed E-state index contributed by atoms with van der Waals surface area (Å²) < 4.78 is 0. The largest absolute Gasteiger partial charge is 0.339 e. The molecule has 0 spiro atoms. The molecule has 1 aliphatic rings. The molecule has 1 fully saturated rings. The second-order valence-corrected chi connectivity index (χ2v) is 4.84. The monoisotopic (exact) mass is 247 g/mol. The third kappa shape index (κ3) is 2.89. The van der Waals surface area contributed by atoms with E-state index < -0.39 is 0 Å². The molecule has 4 nitrogen and oxygen atoms in total. The smallest absolute Gasteiger partial charge is 0.231 e. The van der Waals surface area contributed by atoms with Gasteiger partial charge in [0.25, 0.3) is 0 Å². The van der Waals surface area contributed by atoms with Gasteiger partial charge < -0.3 is 16.0 Å². The van der Waals surface area contributed by atoms with Gasteiger partial charge in [0.1, 0.15) is 0 Å². The number of piperazine rings is 1. The third-order valence-corrected chi connectivity index (χ3v) is 3.42. The third-order valence-electron chi connectivity index (χ3n) is 3.42. The van der Waals surface area contributed by atoms with Gasteiger partial charge in [-0.2, -0.15) is 0 Å². The van der Waals surface area contributed by atoms with Crippen LogP contribution in [0.25, 0.3) is 0 Å². The highest BCUT2D eigenvalue weighted by Crippen LogP contribution is 2.18. The van der Waals surface area contributed by atoms with E-state index in [1.54, 1.807) is 0 Å². The number of nitrogens with zero attached hydrogens (tertiary/aromatic N) is 1. The minimum Gasteiger partial charge on any atom is -0.339 e. The van der Waals surface area contributed by atoms with Crippen LogP contribution in [0.1, 0.15) is 18.4 Å². The molecule has 0 bridgehead atoms. The quantitative estimate of drug-likeness (QED) is 0.820. The Morgan fingerprint density at radius 3 is 2.83 bits per heavy atom. The lowest BCUT2D eigenvalue weighted by atomic mass is 9.97. The molecule has 18 heavy (non-hydrogen) atoms. The van der Waals surface area contributed by atoms with Gasteiger partial charge in [-0.25, -0.2) is 0 Å². The van der Waals surface area contributed by atoms with Crippen LogP contribution in [0.4, 0.5) is 0 Å². The number of amides is 1. The molecule has 1 aromatic rings. The zero-order valence-corrected chi connectivity index (χ0v) is 10.8. The lowest BCUT2D eigenvalue weighted by Crippen LogP contribution is -2.53. The first-order chi connectivity index (χ1) is 8.72. The van der Waals surface area contributed by atoms with Crippen molar-refractivity contribution in [2.45, 2.75) is 18.9 Å². The van der Waals surface area contributed by atoms with Gasteiger partial charge in [0.15, 0.2) is 0 Å². The number of rotatable bonds is 3. The Kier molecular flexibility index (Phi) is 4.33. The standard InChI is InChI=1S/C14H21N3O/c1-11-10-17(8-7-16-11)14(18)13(9-15)12-5-3-2-4-6-12/h2-6,11,13,16H,7-10,15H2,1H3/t11-,13-/m0/s1. The van der Waals surface area contributed by atoms with Crippen molar-refractivity contribution < 1.29 is 4.79 Å². The van der Waals surface area contributed by atoms with E-state index in [9.17, 15) is 4.79 Å². The molecule has 0 radical (unpaired) electrons. The summed E-state index contributed by atoms with van der Waals surface area (Å²) in [7, 11) is 0. The molecule has 0 aliphatic carbocycles. The highest BCUT2D eigenvalue weighted by atomic mass is 16.2. The Labute approximate surface area is 108 Å². The Morgan fingerprint density at radius 1 is 1.50 bits per heavy atom. The summed E-state index contributed by atoms with van der Waals surface area (Å²) in [6, 6.07) is 10.2. The molecule has 0 aromatic heterocycles. The maximum Gasteiger partial charge on any atom is 0.231 e. The van der Waals surface area contributed by atoms with Gasteiger partial charge in [-0.3, -0.25) is 4.79 Å². The van der Waals surface area contributed by atoms with Crippen molar-refractivity contribution in [2.75, 3.05) is 26.2 Å². The number of hydrogen-bond donors (Lipinski definition) is 2. The Bertz CT molecular complexity index is 393. The van der Waals surface area contributed by atoms with Crippen molar-refractivity contribution >= 4 is 5.91 Å². The summed E-state index contributed by atoms with van der Waals surface area (Å²) in [6.45, 7) is 4.86. The molecule has 2 rings (SSSR count). The molecule has 2 atom stereocenters. The molecule has 0 unspecified atom stereocenters. The van der Waals surface area contributed by atoms with Gasteiger partial charge >= 0.3 is 0 Å². The SMILES string of the molecule is C[C@H]1CN(C(=O)[C@@H](CN)c2ccccc2)CCN1. The van der Waals surface area contributed by atoms with Crippen molar-refractivity contribution in [3.05, 3.63) is 35.9 Å². The summed E-state index contributed by atoms with van der Waals surface area (Å²) in [6.07, 6.45) is 0. The van der Waals surface area contributed by atoms with Crippen LogP contribution in [-0.2, 0) is 4.79 Å². The van der Waals surface area contributed by atoms with Crippen molar-refractivity contribution in [2.24, 2.45) is 5.73 Å². The molecule has 0 saturated carbocycles. The first-order valence-corrected chi connectivity index (χ1v) is 6.49. The topological polar surface area (TPSA) is 58.4 Å². The second-order valence-electron chi connectivity index (χ2n) is 4.84. The molecule has 1 amide bonds. The molecule has 1 heterocycles. The average Bonchev–Trinajstić information content (AvgIpc) is 2.41. The zero-order chi connectivity index (χ0) is 13.0. The van der Waals surface area contributed by atoms with Crippen LogP contribution in [0.5, 0.6) is 0 Å². The highest BCUT2D eigenvalue weighted by Gasteiger charge is 2.27. The number of carbonyl (C=O) groups is 1. The van der Waals surface area contributed by atoms with Crippen LogP contribution in [0.2, 0.25) is 0 Å². The summed E-state index contributed by atoms with van der Waals surface area (Å²) in [5.41, 5.74) is 6.79. The molecule has 3 N–H and O–H groups in total. The van der Waals surface area contributed by atoms with E-state index in [4.69, 9.17) is 5.73 Å². The van der Waals surface area contributed by atoms with Gasteiger partial charge in [0.2, 0.25) is 5.91 Å². The highest BCUT2D eigenvalue weighted by molar-refractivity contribution is 5.84. The van der Waals surface area contributed by atoms with Gasteiger partial charge in [-0.15, -0.1) is 0 Å². The van der Waals surface area contributed by atoms with E-state index in [2.05, 4.69) is 12.2 Å². The molecule has 1 aliphatic heterocycles. The van der Waals surface area contributed by atoms with Gasteiger partial charge in [-0.05, 0) is 12.5 Å². The summed E-state index contributed by atoms with van der Waals surface area (Å²) in [5, 5.41) is 3.34.